The molecule has 1 aromatic rings. The number of aromatic hydroxyl groups is 1. The van der Waals surface area contributed by atoms with E-state index in [1.165, 1.54) is 22.5 Å². The minimum atomic E-state index is -3.55. The summed E-state index contributed by atoms with van der Waals surface area (Å²) < 4.78 is 31.6. The monoisotopic (exact) mass is 300 g/mol. The fourth-order valence-electron chi connectivity index (χ4n) is 2.11. The van der Waals surface area contributed by atoms with Gasteiger partial charge in [-0.15, -0.1) is 0 Å². The Hall–Kier alpha value is -1.31. The third kappa shape index (κ3) is 3.05. The topological polar surface area (TPSA) is 70.1 Å². The van der Waals surface area contributed by atoms with Crippen molar-refractivity contribution in [1.82, 2.24) is 9.21 Å². The summed E-state index contributed by atoms with van der Waals surface area (Å²) in [5, 5.41) is 9.81. The van der Waals surface area contributed by atoms with Gasteiger partial charge in [0.2, 0.25) is 10.0 Å². The molecule has 7 heteroatoms. The van der Waals surface area contributed by atoms with Crippen LogP contribution in [0.2, 0.25) is 0 Å². The van der Waals surface area contributed by atoms with E-state index in [1.807, 2.05) is 7.05 Å². The van der Waals surface area contributed by atoms with Crippen molar-refractivity contribution in [3.8, 4) is 11.5 Å². The number of hydrogen-bond donors (Lipinski definition) is 1. The van der Waals surface area contributed by atoms with E-state index in [0.717, 1.165) is 0 Å². The Morgan fingerprint density at radius 2 is 1.90 bits per heavy atom. The van der Waals surface area contributed by atoms with Crippen LogP contribution in [-0.2, 0) is 10.0 Å². The lowest BCUT2D eigenvalue weighted by atomic mass is 10.3. The molecule has 1 saturated heterocycles. The molecule has 0 spiro atoms. The lowest BCUT2D eigenvalue weighted by molar-refractivity contribution is 0.222. The second-order valence-electron chi connectivity index (χ2n) is 4.77. The van der Waals surface area contributed by atoms with Crippen LogP contribution in [0, 0.1) is 0 Å². The lowest BCUT2D eigenvalue weighted by Gasteiger charge is -2.31. The van der Waals surface area contributed by atoms with Crippen molar-refractivity contribution >= 4 is 10.0 Å². The standard InChI is InChI=1S/C13H20N2O4S/c1-3-19-13-5-4-11(10-12(13)16)20(17,18)15-8-6-14(2)7-9-15/h4-5,10,16H,3,6-9H2,1-2H3. The summed E-state index contributed by atoms with van der Waals surface area (Å²) in [6, 6.07) is 4.21. The fraction of sp³-hybridized carbons (Fsp3) is 0.538. The molecule has 1 heterocycles. The highest BCUT2D eigenvalue weighted by molar-refractivity contribution is 7.89. The van der Waals surface area contributed by atoms with Crippen molar-refractivity contribution in [2.45, 2.75) is 11.8 Å². The van der Waals surface area contributed by atoms with Crippen LogP contribution >= 0.6 is 0 Å². The molecule has 1 aliphatic rings. The molecule has 0 amide bonds. The fourth-order valence-corrected chi connectivity index (χ4v) is 3.56. The van der Waals surface area contributed by atoms with Gasteiger partial charge in [-0.3, -0.25) is 0 Å². The maximum Gasteiger partial charge on any atom is 0.243 e. The molecular formula is C13H20N2O4S. The van der Waals surface area contributed by atoms with Crippen LogP contribution in [0.15, 0.2) is 23.1 Å². The Labute approximate surface area is 119 Å². The van der Waals surface area contributed by atoms with Crippen molar-refractivity contribution in [1.29, 1.82) is 0 Å². The van der Waals surface area contributed by atoms with Crippen LogP contribution in [0.3, 0.4) is 0 Å². The van der Waals surface area contributed by atoms with Crippen molar-refractivity contribution in [3.05, 3.63) is 18.2 Å². The molecule has 0 bridgehead atoms. The second kappa shape index (κ2) is 5.99. The minimum Gasteiger partial charge on any atom is -0.504 e. The van der Waals surface area contributed by atoms with Gasteiger partial charge in [0, 0.05) is 32.2 Å². The summed E-state index contributed by atoms with van der Waals surface area (Å²) in [5.41, 5.74) is 0. The molecule has 1 aromatic carbocycles. The van der Waals surface area contributed by atoms with Gasteiger partial charge in [0.05, 0.1) is 11.5 Å². The van der Waals surface area contributed by atoms with Crippen LogP contribution in [0.25, 0.3) is 0 Å². The van der Waals surface area contributed by atoms with E-state index in [-0.39, 0.29) is 10.6 Å². The van der Waals surface area contributed by atoms with Gasteiger partial charge in [-0.1, -0.05) is 0 Å². The third-order valence-corrected chi connectivity index (χ3v) is 5.22. The van der Waals surface area contributed by atoms with Crippen LogP contribution in [-0.4, -0.2) is 62.6 Å². The molecular weight excluding hydrogens is 280 g/mol. The van der Waals surface area contributed by atoms with Crippen molar-refractivity contribution in [3.63, 3.8) is 0 Å². The largest absolute Gasteiger partial charge is 0.504 e. The van der Waals surface area contributed by atoms with E-state index < -0.39 is 10.0 Å². The summed E-state index contributed by atoms with van der Waals surface area (Å²) in [4.78, 5) is 2.19. The average molecular weight is 300 g/mol. The molecule has 0 aromatic heterocycles. The van der Waals surface area contributed by atoms with E-state index in [4.69, 9.17) is 4.74 Å². The molecule has 1 N–H and O–H groups in total. The van der Waals surface area contributed by atoms with Gasteiger partial charge < -0.3 is 14.7 Å². The Morgan fingerprint density at radius 1 is 1.25 bits per heavy atom. The van der Waals surface area contributed by atoms with Crippen molar-refractivity contribution in [2.24, 2.45) is 0 Å². The zero-order valence-electron chi connectivity index (χ0n) is 11.7. The van der Waals surface area contributed by atoms with Gasteiger partial charge in [0.25, 0.3) is 0 Å². The highest BCUT2D eigenvalue weighted by Crippen LogP contribution is 2.30. The second-order valence-corrected chi connectivity index (χ2v) is 6.71. The number of ether oxygens (including phenoxy) is 1. The Balaban J connectivity index is 2.23. The van der Waals surface area contributed by atoms with Crippen molar-refractivity contribution < 1.29 is 18.3 Å². The van der Waals surface area contributed by atoms with Gasteiger partial charge in [0.1, 0.15) is 0 Å². The summed E-state index contributed by atoms with van der Waals surface area (Å²) in [5.74, 6) is 0.145. The van der Waals surface area contributed by atoms with E-state index in [9.17, 15) is 13.5 Å². The average Bonchev–Trinajstić information content (AvgIpc) is 2.41. The first-order valence-electron chi connectivity index (χ1n) is 6.59. The number of hydrogen-bond acceptors (Lipinski definition) is 5. The molecule has 0 saturated carbocycles. The number of nitrogens with zero attached hydrogens (tertiary/aromatic N) is 2. The molecule has 1 aliphatic heterocycles. The first kappa shape index (κ1) is 15.1. The van der Waals surface area contributed by atoms with Crippen LogP contribution in [0.4, 0.5) is 0 Å². The van der Waals surface area contributed by atoms with E-state index >= 15 is 0 Å². The highest BCUT2D eigenvalue weighted by Gasteiger charge is 2.28. The van der Waals surface area contributed by atoms with Crippen LogP contribution in [0.1, 0.15) is 6.92 Å². The zero-order chi connectivity index (χ0) is 14.8. The summed E-state index contributed by atoms with van der Waals surface area (Å²) >= 11 is 0. The Kier molecular flexibility index (Phi) is 4.52. The highest BCUT2D eigenvalue weighted by atomic mass is 32.2. The maximum absolute atomic E-state index is 12.5. The molecule has 1 fully saturated rings. The van der Waals surface area contributed by atoms with Crippen LogP contribution in [0.5, 0.6) is 11.5 Å². The number of likely N-dealkylation sites (N-methyl/N-ethyl adjacent to an activating group) is 1. The number of rotatable bonds is 4. The number of piperazine rings is 1. The molecule has 20 heavy (non-hydrogen) atoms. The maximum atomic E-state index is 12.5. The molecule has 0 aliphatic carbocycles. The van der Waals surface area contributed by atoms with Gasteiger partial charge in [-0.2, -0.15) is 4.31 Å². The molecule has 0 atom stereocenters. The Morgan fingerprint density at radius 3 is 2.45 bits per heavy atom. The van der Waals surface area contributed by atoms with Gasteiger partial charge in [-0.25, -0.2) is 8.42 Å². The first-order chi connectivity index (χ1) is 9.45. The lowest BCUT2D eigenvalue weighted by Crippen LogP contribution is -2.46. The summed E-state index contributed by atoms with van der Waals surface area (Å²) in [6.45, 7) is 4.57. The van der Waals surface area contributed by atoms with Gasteiger partial charge >= 0.3 is 0 Å². The number of sulfonamides is 1. The molecule has 0 radical (unpaired) electrons. The molecule has 112 valence electrons. The quantitative estimate of drug-likeness (QED) is 0.887. The van der Waals surface area contributed by atoms with E-state index in [2.05, 4.69) is 4.90 Å². The van der Waals surface area contributed by atoms with Crippen LogP contribution < -0.4 is 4.74 Å². The number of phenols is 1. The third-order valence-electron chi connectivity index (χ3n) is 3.33. The van der Waals surface area contributed by atoms with E-state index in [1.54, 1.807) is 6.92 Å². The predicted molar refractivity (Wildman–Crippen MR) is 75.5 cm³/mol. The number of phenolic OH excluding ortho intramolecular Hbond substituents is 1. The Bertz CT molecular complexity index is 566. The zero-order valence-corrected chi connectivity index (χ0v) is 12.6. The molecule has 0 unspecified atom stereocenters. The minimum absolute atomic E-state index is 0.100. The molecule has 2 rings (SSSR count). The van der Waals surface area contributed by atoms with Gasteiger partial charge in [0.15, 0.2) is 11.5 Å². The smallest absolute Gasteiger partial charge is 0.243 e. The molecule has 6 nitrogen and oxygen atoms in total. The van der Waals surface area contributed by atoms with Crippen molar-refractivity contribution in [2.75, 3.05) is 39.8 Å². The first-order valence-corrected chi connectivity index (χ1v) is 8.03. The normalized spacial score (nSPS) is 18.1. The SMILES string of the molecule is CCOc1ccc(S(=O)(=O)N2CCN(C)CC2)cc1O. The van der Waals surface area contributed by atoms with Gasteiger partial charge in [-0.05, 0) is 26.1 Å². The summed E-state index contributed by atoms with van der Waals surface area (Å²) in [6.07, 6.45) is 0. The van der Waals surface area contributed by atoms with E-state index in [0.29, 0.717) is 38.5 Å². The number of benzene rings is 1. The predicted octanol–water partition coefficient (Wildman–Crippen LogP) is 0.727. The summed E-state index contributed by atoms with van der Waals surface area (Å²) in [7, 11) is -1.58.